The first-order chi connectivity index (χ1) is 13.7. The largest absolute Gasteiger partial charge is 0.495 e. The van der Waals surface area contributed by atoms with Crippen LogP contribution in [0.5, 0.6) is 11.5 Å². The second kappa shape index (κ2) is 7.78. The molecule has 0 saturated heterocycles. The van der Waals surface area contributed by atoms with Gasteiger partial charge in [-0.2, -0.15) is 13.2 Å². The molecule has 154 valence electrons. The molecule has 0 aliphatic heterocycles. The van der Waals surface area contributed by atoms with E-state index in [2.05, 4.69) is 9.71 Å². The van der Waals surface area contributed by atoms with Crippen LogP contribution in [0.2, 0.25) is 0 Å². The number of hydrogen-bond acceptors (Lipinski definition) is 5. The number of pyridine rings is 1. The van der Waals surface area contributed by atoms with E-state index in [4.69, 9.17) is 9.47 Å². The summed E-state index contributed by atoms with van der Waals surface area (Å²) >= 11 is 0. The first-order valence-electron chi connectivity index (χ1n) is 8.46. The summed E-state index contributed by atoms with van der Waals surface area (Å²) in [5, 5.41) is 0.275. The third-order valence-corrected chi connectivity index (χ3v) is 5.48. The van der Waals surface area contributed by atoms with Crippen molar-refractivity contribution in [2.24, 2.45) is 0 Å². The van der Waals surface area contributed by atoms with Crippen LogP contribution >= 0.6 is 0 Å². The van der Waals surface area contributed by atoms with Crippen molar-refractivity contribution in [2.75, 3.05) is 18.4 Å². The molecule has 3 aromatic rings. The van der Waals surface area contributed by atoms with E-state index in [-0.39, 0.29) is 21.7 Å². The number of sulfonamides is 1. The van der Waals surface area contributed by atoms with Gasteiger partial charge in [0.25, 0.3) is 10.0 Å². The van der Waals surface area contributed by atoms with Crippen molar-refractivity contribution in [1.29, 1.82) is 0 Å². The first kappa shape index (κ1) is 20.7. The molecule has 29 heavy (non-hydrogen) atoms. The highest BCUT2D eigenvalue weighted by atomic mass is 32.2. The second-order valence-corrected chi connectivity index (χ2v) is 7.56. The van der Waals surface area contributed by atoms with Crippen molar-refractivity contribution >= 4 is 26.6 Å². The molecule has 0 amide bonds. The fourth-order valence-electron chi connectivity index (χ4n) is 2.79. The van der Waals surface area contributed by atoms with E-state index in [0.717, 1.165) is 12.1 Å². The average Bonchev–Trinajstić information content (AvgIpc) is 2.67. The Balaban J connectivity index is 2.11. The third kappa shape index (κ3) is 4.21. The van der Waals surface area contributed by atoms with E-state index in [0.29, 0.717) is 23.9 Å². The van der Waals surface area contributed by atoms with Crippen molar-refractivity contribution in [3.05, 3.63) is 54.2 Å². The highest BCUT2D eigenvalue weighted by molar-refractivity contribution is 7.93. The maximum Gasteiger partial charge on any atom is 0.416 e. The molecular weight excluding hydrogens is 409 g/mol. The number of hydrogen-bond donors (Lipinski definition) is 1. The minimum Gasteiger partial charge on any atom is -0.495 e. The molecule has 2 aromatic carbocycles. The number of methoxy groups -OCH3 is 1. The molecule has 0 aliphatic rings. The molecule has 6 nitrogen and oxygen atoms in total. The number of alkyl halides is 3. The zero-order valence-corrected chi connectivity index (χ0v) is 16.3. The zero-order chi connectivity index (χ0) is 21.2. The van der Waals surface area contributed by atoms with Crippen LogP contribution in [-0.4, -0.2) is 27.1 Å². The maximum absolute atomic E-state index is 13.0. The van der Waals surface area contributed by atoms with Gasteiger partial charge in [0, 0.05) is 11.6 Å². The molecule has 0 saturated carbocycles. The fraction of sp³-hybridized carbons (Fsp3) is 0.211. The van der Waals surface area contributed by atoms with Gasteiger partial charge >= 0.3 is 6.18 Å². The van der Waals surface area contributed by atoms with E-state index < -0.39 is 21.8 Å². The van der Waals surface area contributed by atoms with Crippen LogP contribution < -0.4 is 14.2 Å². The summed E-state index contributed by atoms with van der Waals surface area (Å²) < 4.78 is 77.8. The summed E-state index contributed by atoms with van der Waals surface area (Å²) in [5.74, 6) is 0.355. The Kier molecular flexibility index (Phi) is 5.56. The van der Waals surface area contributed by atoms with Crippen LogP contribution in [0.3, 0.4) is 0 Å². The van der Waals surface area contributed by atoms with Crippen molar-refractivity contribution in [1.82, 2.24) is 4.98 Å². The van der Waals surface area contributed by atoms with Crippen LogP contribution in [0.1, 0.15) is 12.5 Å². The number of benzene rings is 2. The molecule has 1 N–H and O–H groups in total. The quantitative estimate of drug-likeness (QED) is 0.630. The van der Waals surface area contributed by atoms with Crippen LogP contribution in [-0.2, 0) is 16.2 Å². The molecule has 0 atom stereocenters. The molecule has 0 aliphatic carbocycles. The maximum atomic E-state index is 13.0. The molecule has 3 rings (SSSR count). The van der Waals surface area contributed by atoms with Gasteiger partial charge in [0.05, 0.1) is 29.9 Å². The number of ether oxygens (including phenoxy) is 2. The van der Waals surface area contributed by atoms with Crippen LogP contribution in [0, 0.1) is 0 Å². The first-order valence-corrected chi connectivity index (χ1v) is 9.94. The lowest BCUT2D eigenvalue weighted by molar-refractivity contribution is -0.137. The van der Waals surface area contributed by atoms with Crippen molar-refractivity contribution in [2.45, 2.75) is 18.0 Å². The number of nitrogens with zero attached hydrogens (tertiary/aromatic N) is 1. The van der Waals surface area contributed by atoms with Gasteiger partial charge in [-0.15, -0.1) is 0 Å². The molecule has 0 fully saturated rings. The Labute approximate surface area is 165 Å². The monoisotopic (exact) mass is 426 g/mol. The van der Waals surface area contributed by atoms with Gasteiger partial charge in [-0.3, -0.25) is 9.71 Å². The van der Waals surface area contributed by atoms with Crippen LogP contribution in [0.4, 0.5) is 18.9 Å². The minimum absolute atomic E-state index is 0.0463. The van der Waals surface area contributed by atoms with Crippen molar-refractivity contribution < 1.29 is 31.1 Å². The number of anilines is 1. The lowest BCUT2D eigenvalue weighted by atomic mass is 10.2. The van der Waals surface area contributed by atoms with Gasteiger partial charge < -0.3 is 9.47 Å². The third-order valence-electron chi connectivity index (χ3n) is 4.05. The van der Waals surface area contributed by atoms with Crippen molar-refractivity contribution in [3.63, 3.8) is 0 Å². The molecule has 0 radical (unpaired) electrons. The fourth-order valence-corrected chi connectivity index (χ4v) is 4.05. The minimum atomic E-state index is -4.64. The van der Waals surface area contributed by atoms with Gasteiger partial charge in [-0.05, 0) is 49.4 Å². The lowest BCUT2D eigenvalue weighted by Crippen LogP contribution is -2.15. The predicted octanol–water partition coefficient (Wildman–Crippen LogP) is 4.46. The molecule has 1 aromatic heterocycles. The van der Waals surface area contributed by atoms with Gasteiger partial charge in [0.1, 0.15) is 17.0 Å². The number of halogens is 3. The molecule has 0 unspecified atom stereocenters. The topological polar surface area (TPSA) is 77.5 Å². The Morgan fingerprint density at radius 2 is 1.83 bits per heavy atom. The standard InChI is InChI=1S/C19H17F3N2O4S/c1-3-28-16-8-9-17(13-5-4-10-23-18(13)16)29(25,26)24-14-11-12(19(20,21)22)6-7-15(14)27-2/h4-11,24H,3H2,1-2H3. The number of nitrogens with one attached hydrogen (secondary N) is 1. The van der Waals surface area contributed by atoms with Gasteiger partial charge in [0.15, 0.2) is 0 Å². The van der Waals surface area contributed by atoms with Crippen LogP contribution in [0.25, 0.3) is 10.9 Å². The summed E-state index contributed by atoms with van der Waals surface area (Å²) in [6.45, 7) is 2.14. The van der Waals surface area contributed by atoms with E-state index in [1.54, 1.807) is 19.1 Å². The highest BCUT2D eigenvalue weighted by Gasteiger charge is 2.32. The van der Waals surface area contributed by atoms with Gasteiger partial charge in [-0.1, -0.05) is 0 Å². The zero-order valence-electron chi connectivity index (χ0n) is 15.4. The summed E-state index contributed by atoms with van der Waals surface area (Å²) in [5.41, 5.74) is -1.00. The molecule has 1 heterocycles. The Hall–Kier alpha value is -3.01. The Bertz CT molecular complexity index is 1150. The van der Waals surface area contributed by atoms with Crippen molar-refractivity contribution in [3.8, 4) is 11.5 Å². The predicted molar refractivity (Wildman–Crippen MR) is 102 cm³/mol. The highest BCUT2D eigenvalue weighted by Crippen LogP contribution is 2.37. The lowest BCUT2D eigenvalue weighted by Gasteiger charge is -2.16. The summed E-state index contributed by atoms with van der Waals surface area (Å²) in [7, 11) is -3.03. The number of fused-ring (bicyclic) bond motifs is 1. The van der Waals surface area contributed by atoms with Gasteiger partial charge in [0.2, 0.25) is 0 Å². The van der Waals surface area contributed by atoms with E-state index in [9.17, 15) is 21.6 Å². The van der Waals surface area contributed by atoms with E-state index in [1.165, 1.54) is 25.4 Å². The molecule has 10 heteroatoms. The Morgan fingerprint density at radius 1 is 1.10 bits per heavy atom. The summed E-state index contributed by atoms with van der Waals surface area (Å²) in [4.78, 5) is 4.02. The summed E-state index contributed by atoms with van der Waals surface area (Å²) in [6, 6.07) is 8.43. The average molecular weight is 426 g/mol. The van der Waals surface area contributed by atoms with Gasteiger partial charge in [-0.25, -0.2) is 8.42 Å². The molecule has 0 spiro atoms. The number of aromatic nitrogens is 1. The second-order valence-electron chi connectivity index (χ2n) is 5.91. The molecule has 0 bridgehead atoms. The smallest absolute Gasteiger partial charge is 0.416 e. The molecular formula is C19H17F3N2O4S. The van der Waals surface area contributed by atoms with E-state index in [1.807, 2.05) is 0 Å². The van der Waals surface area contributed by atoms with Crippen LogP contribution in [0.15, 0.2) is 53.6 Å². The SMILES string of the molecule is CCOc1ccc(S(=O)(=O)Nc2cc(C(F)(F)F)ccc2OC)c2cccnc12. The Morgan fingerprint density at radius 3 is 2.48 bits per heavy atom. The summed E-state index contributed by atoms with van der Waals surface area (Å²) in [6.07, 6.45) is -3.15. The number of rotatable bonds is 6. The normalized spacial score (nSPS) is 12.0. The van der Waals surface area contributed by atoms with E-state index >= 15 is 0 Å².